The van der Waals surface area contributed by atoms with Gasteiger partial charge in [-0.3, -0.25) is 0 Å². The summed E-state index contributed by atoms with van der Waals surface area (Å²) in [7, 11) is 3.26. The van der Waals surface area contributed by atoms with Gasteiger partial charge in [-0.2, -0.15) is 0 Å². The molecule has 1 heterocycles. The maximum atomic E-state index is 9.58. The van der Waals surface area contributed by atoms with Crippen molar-refractivity contribution in [3.8, 4) is 11.5 Å². The maximum Gasteiger partial charge on any atom is 0.142 e. The third kappa shape index (κ3) is 1.72. The normalized spacial score (nSPS) is 19.0. The SMILES string of the molecule is COc1ccc(OC)c2c1CC(O)CN2. The lowest BCUT2D eigenvalue weighted by Gasteiger charge is -2.25. The molecule has 15 heavy (non-hydrogen) atoms. The molecule has 0 saturated carbocycles. The molecule has 0 spiro atoms. The van der Waals surface area contributed by atoms with Crippen molar-refractivity contribution < 1.29 is 14.6 Å². The first-order valence-electron chi connectivity index (χ1n) is 4.92. The number of benzene rings is 1. The zero-order chi connectivity index (χ0) is 10.8. The second-order valence-corrected chi connectivity index (χ2v) is 3.56. The van der Waals surface area contributed by atoms with E-state index in [1.54, 1.807) is 14.2 Å². The van der Waals surface area contributed by atoms with E-state index in [-0.39, 0.29) is 6.10 Å². The molecule has 1 aromatic carbocycles. The molecule has 0 fully saturated rings. The predicted molar refractivity (Wildman–Crippen MR) is 57.7 cm³/mol. The number of aliphatic hydroxyl groups excluding tert-OH is 1. The summed E-state index contributed by atoms with van der Waals surface area (Å²) in [5, 5.41) is 12.7. The second kappa shape index (κ2) is 3.98. The molecule has 0 radical (unpaired) electrons. The fourth-order valence-electron chi connectivity index (χ4n) is 1.89. The van der Waals surface area contributed by atoms with Gasteiger partial charge in [-0.05, 0) is 12.1 Å². The highest BCUT2D eigenvalue weighted by Gasteiger charge is 2.22. The van der Waals surface area contributed by atoms with Crippen LogP contribution >= 0.6 is 0 Å². The number of nitrogens with one attached hydrogen (secondary N) is 1. The number of anilines is 1. The van der Waals surface area contributed by atoms with Crippen LogP contribution < -0.4 is 14.8 Å². The first-order chi connectivity index (χ1) is 7.26. The molecular weight excluding hydrogens is 194 g/mol. The molecule has 1 aliphatic rings. The minimum atomic E-state index is -0.362. The van der Waals surface area contributed by atoms with E-state index < -0.39 is 0 Å². The Morgan fingerprint density at radius 1 is 1.27 bits per heavy atom. The summed E-state index contributed by atoms with van der Waals surface area (Å²) in [5.41, 5.74) is 1.91. The summed E-state index contributed by atoms with van der Waals surface area (Å²) < 4.78 is 10.5. The molecule has 2 rings (SSSR count). The van der Waals surface area contributed by atoms with Gasteiger partial charge in [-0.25, -0.2) is 0 Å². The van der Waals surface area contributed by atoms with Gasteiger partial charge in [-0.1, -0.05) is 0 Å². The fraction of sp³-hybridized carbons (Fsp3) is 0.455. The summed E-state index contributed by atoms with van der Waals surface area (Å²) in [6.45, 7) is 0.552. The van der Waals surface area contributed by atoms with Crippen LogP contribution in [0.5, 0.6) is 11.5 Å². The van der Waals surface area contributed by atoms with Crippen molar-refractivity contribution in [1.29, 1.82) is 0 Å². The number of methoxy groups -OCH3 is 2. The number of hydrogen-bond donors (Lipinski definition) is 2. The molecule has 0 bridgehead atoms. The highest BCUT2D eigenvalue weighted by Crippen LogP contribution is 2.38. The van der Waals surface area contributed by atoms with E-state index >= 15 is 0 Å². The van der Waals surface area contributed by atoms with E-state index in [0.29, 0.717) is 13.0 Å². The highest BCUT2D eigenvalue weighted by atomic mass is 16.5. The van der Waals surface area contributed by atoms with Gasteiger partial charge in [0, 0.05) is 18.5 Å². The minimum Gasteiger partial charge on any atom is -0.496 e. The molecule has 0 aliphatic carbocycles. The zero-order valence-electron chi connectivity index (χ0n) is 8.91. The van der Waals surface area contributed by atoms with Crippen molar-refractivity contribution in [2.45, 2.75) is 12.5 Å². The van der Waals surface area contributed by atoms with Gasteiger partial charge >= 0.3 is 0 Å². The van der Waals surface area contributed by atoms with Crippen molar-refractivity contribution in [3.05, 3.63) is 17.7 Å². The van der Waals surface area contributed by atoms with Gasteiger partial charge in [-0.15, -0.1) is 0 Å². The monoisotopic (exact) mass is 209 g/mol. The van der Waals surface area contributed by atoms with Crippen LogP contribution in [0.4, 0.5) is 5.69 Å². The second-order valence-electron chi connectivity index (χ2n) is 3.56. The van der Waals surface area contributed by atoms with Gasteiger partial charge in [0.2, 0.25) is 0 Å². The number of β-amino-alcohol motifs (C(OH)–C–C–N with tert-alkyl or cyclic N) is 1. The van der Waals surface area contributed by atoms with E-state index in [1.165, 1.54) is 0 Å². The van der Waals surface area contributed by atoms with Crippen LogP contribution in [-0.2, 0) is 6.42 Å². The number of hydrogen-bond acceptors (Lipinski definition) is 4. The van der Waals surface area contributed by atoms with Crippen LogP contribution in [-0.4, -0.2) is 32.0 Å². The van der Waals surface area contributed by atoms with Crippen LogP contribution in [0.25, 0.3) is 0 Å². The average molecular weight is 209 g/mol. The number of aliphatic hydroxyl groups is 1. The molecule has 0 amide bonds. The summed E-state index contributed by atoms with van der Waals surface area (Å²) >= 11 is 0. The molecule has 0 aromatic heterocycles. The molecule has 1 aliphatic heterocycles. The van der Waals surface area contributed by atoms with Crippen molar-refractivity contribution in [2.75, 3.05) is 26.1 Å². The average Bonchev–Trinajstić information content (AvgIpc) is 2.27. The third-order valence-electron chi connectivity index (χ3n) is 2.63. The Kier molecular flexibility index (Phi) is 2.68. The quantitative estimate of drug-likeness (QED) is 0.764. The Morgan fingerprint density at radius 3 is 2.60 bits per heavy atom. The van der Waals surface area contributed by atoms with Gasteiger partial charge in [0.05, 0.1) is 26.0 Å². The Balaban J connectivity index is 2.48. The van der Waals surface area contributed by atoms with Crippen LogP contribution in [0, 0.1) is 0 Å². The van der Waals surface area contributed by atoms with Crippen molar-refractivity contribution in [2.24, 2.45) is 0 Å². The molecule has 82 valence electrons. The summed E-state index contributed by atoms with van der Waals surface area (Å²) in [4.78, 5) is 0. The summed E-state index contributed by atoms with van der Waals surface area (Å²) in [6, 6.07) is 3.72. The standard InChI is InChI=1S/C11H15NO3/c1-14-9-3-4-10(15-2)11-8(9)5-7(13)6-12-11/h3-4,7,12-13H,5-6H2,1-2H3. The lowest BCUT2D eigenvalue weighted by atomic mass is 10.00. The molecule has 4 heteroatoms. The number of ether oxygens (including phenoxy) is 2. The van der Waals surface area contributed by atoms with E-state index in [9.17, 15) is 5.11 Å². The Labute approximate surface area is 88.8 Å². The molecule has 2 N–H and O–H groups in total. The predicted octanol–water partition coefficient (Wildman–Crippen LogP) is 1.03. The van der Waals surface area contributed by atoms with E-state index in [2.05, 4.69) is 5.32 Å². The highest BCUT2D eigenvalue weighted by molar-refractivity contribution is 5.68. The Bertz CT molecular complexity index is 365. The third-order valence-corrected chi connectivity index (χ3v) is 2.63. The molecular formula is C11H15NO3. The Morgan fingerprint density at radius 2 is 1.93 bits per heavy atom. The van der Waals surface area contributed by atoms with Gasteiger partial charge in [0.25, 0.3) is 0 Å². The van der Waals surface area contributed by atoms with E-state index in [0.717, 1.165) is 22.7 Å². The van der Waals surface area contributed by atoms with Gasteiger partial charge < -0.3 is 19.9 Å². The van der Waals surface area contributed by atoms with Crippen LogP contribution in [0.3, 0.4) is 0 Å². The summed E-state index contributed by atoms with van der Waals surface area (Å²) in [5.74, 6) is 1.58. The van der Waals surface area contributed by atoms with Gasteiger partial charge in [0.15, 0.2) is 0 Å². The van der Waals surface area contributed by atoms with E-state index in [4.69, 9.17) is 9.47 Å². The lowest BCUT2D eigenvalue weighted by molar-refractivity contribution is 0.183. The topological polar surface area (TPSA) is 50.7 Å². The largest absolute Gasteiger partial charge is 0.496 e. The first-order valence-corrected chi connectivity index (χ1v) is 4.92. The number of rotatable bonds is 2. The van der Waals surface area contributed by atoms with E-state index in [1.807, 2.05) is 12.1 Å². The van der Waals surface area contributed by atoms with Crippen molar-refractivity contribution >= 4 is 5.69 Å². The lowest BCUT2D eigenvalue weighted by Crippen LogP contribution is -2.28. The smallest absolute Gasteiger partial charge is 0.142 e. The van der Waals surface area contributed by atoms with Crippen LogP contribution in [0.2, 0.25) is 0 Å². The molecule has 0 saturated heterocycles. The minimum absolute atomic E-state index is 0.362. The Hall–Kier alpha value is -1.42. The molecule has 1 unspecified atom stereocenters. The van der Waals surface area contributed by atoms with Crippen molar-refractivity contribution in [3.63, 3.8) is 0 Å². The first kappa shape index (κ1) is 10.1. The molecule has 1 aromatic rings. The van der Waals surface area contributed by atoms with Crippen molar-refractivity contribution in [1.82, 2.24) is 0 Å². The van der Waals surface area contributed by atoms with Crippen LogP contribution in [0.1, 0.15) is 5.56 Å². The number of fused-ring (bicyclic) bond motifs is 1. The summed E-state index contributed by atoms with van der Waals surface area (Å²) in [6.07, 6.45) is 0.237. The maximum absolute atomic E-state index is 9.58. The van der Waals surface area contributed by atoms with Gasteiger partial charge in [0.1, 0.15) is 11.5 Å². The molecule has 1 atom stereocenters. The fourth-order valence-corrected chi connectivity index (χ4v) is 1.89. The van der Waals surface area contributed by atoms with Crippen LogP contribution in [0.15, 0.2) is 12.1 Å². The molecule has 4 nitrogen and oxygen atoms in total. The zero-order valence-corrected chi connectivity index (χ0v) is 8.91.